The van der Waals surface area contributed by atoms with Gasteiger partial charge >= 0.3 is 6.18 Å². The van der Waals surface area contributed by atoms with Crippen LogP contribution in [0.25, 0.3) is 11.0 Å². The van der Waals surface area contributed by atoms with Gasteiger partial charge in [-0.3, -0.25) is 9.69 Å². The van der Waals surface area contributed by atoms with Crippen molar-refractivity contribution in [2.24, 2.45) is 0 Å². The van der Waals surface area contributed by atoms with Crippen molar-refractivity contribution in [3.05, 3.63) is 36.1 Å². The van der Waals surface area contributed by atoms with Crippen molar-refractivity contribution in [1.29, 1.82) is 0 Å². The maximum Gasteiger partial charge on any atom is 0.401 e. The topological polar surface area (TPSA) is 33.5 Å². The highest BCUT2D eigenvalue weighted by atomic mass is 19.4. The Bertz CT molecular complexity index is 556. The molecule has 0 saturated carbocycles. The fourth-order valence-corrected chi connectivity index (χ4v) is 1.80. The normalized spacial score (nSPS) is 12.3. The smallest absolute Gasteiger partial charge is 0.401 e. The molecule has 0 amide bonds. The fourth-order valence-electron chi connectivity index (χ4n) is 1.80. The number of likely N-dealkylation sites (N-methyl/N-ethyl adjacent to an activating group) is 1. The van der Waals surface area contributed by atoms with Crippen LogP contribution in [0.15, 0.2) is 34.7 Å². The summed E-state index contributed by atoms with van der Waals surface area (Å²) in [6, 6.07) is 8.57. The molecule has 1 heterocycles. The maximum absolute atomic E-state index is 12.1. The number of ketones is 1. The van der Waals surface area contributed by atoms with Gasteiger partial charge in [-0.2, -0.15) is 13.2 Å². The van der Waals surface area contributed by atoms with E-state index in [0.29, 0.717) is 5.58 Å². The number of nitrogens with zero attached hydrogens (tertiary/aromatic N) is 1. The lowest BCUT2D eigenvalue weighted by Crippen LogP contribution is -2.34. The molecule has 0 aliphatic heterocycles. The zero-order valence-corrected chi connectivity index (χ0v) is 10.2. The van der Waals surface area contributed by atoms with Crippen molar-refractivity contribution in [3.63, 3.8) is 0 Å². The number of rotatable bonds is 4. The van der Waals surface area contributed by atoms with Gasteiger partial charge in [-0.05, 0) is 19.2 Å². The van der Waals surface area contributed by atoms with Crippen molar-refractivity contribution in [2.75, 3.05) is 20.1 Å². The minimum absolute atomic E-state index is 0.0789. The summed E-state index contributed by atoms with van der Waals surface area (Å²) in [5.41, 5.74) is 0.546. The zero-order chi connectivity index (χ0) is 14.0. The van der Waals surface area contributed by atoms with E-state index < -0.39 is 18.5 Å². The van der Waals surface area contributed by atoms with Crippen LogP contribution >= 0.6 is 0 Å². The Morgan fingerprint density at radius 2 is 2.00 bits per heavy atom. The van der Waals surface area contributed by atoms with Gasteiger partial charge < -0.3 is 4.42 Å². The molecule has 0 unspecified atom stereocenters. The minimum atomic E-state index is -4.32. The number of hydrogen-bond acceptors (Lipinski definition) is 3. The number of halogens is 3. The van der Waals surface area contributed by atoms with E-state index in [1.165, 1.54) is 7.05 Å². The lowest BCUT2D eigenvalue weighted by molar-refractivity contribution is -0.141. The Labute approximate surface area is 107 Å². The van der Waals surface area contributed by atoms with Gasteiger partial charge in [-0.1, -0.05) is 18.2 Å². The zero-order valence-electron chi connectivity index (χ0n) is 10.2. The molecule has 3 nitrogen and oxygen atoms in total. The molecule has 0 saturated heterocycles. The van der Waals surface area contributed by atoms with Crippen LogP contribution in [-0.2, 0) is 0 Å². The molecule has 1 aromatic carbocycles. The molecule has 0 fully saturated rings. The number of benzene rings is 1. The van der Waals surface area contributed by atoms with Crippen molar-refractivity contribution in [2.45, 2.75) is 6.18 Å². The molecule has 1 aromatic heterocycles. The third-order valence-electron chi connectivity index (χ3n) is 2.56. The Kier molecular flexibility index (Phi) is 3.61. The number of fused-ring (bicyclic) bond motifs is 1. The number of para-hydroxylation sites is 1. The van der Waals surface area contributed by atoms with Gasteiger partial charge in [-0.25, -0.2) is 0 Å². The van der Waals surface area contributed by atoms with E-state index in [1.54, 1.807) is 30.3 Å². The summed E-state index contributed by atoms with van der Waals surface area (Å²) in [5.74, 6) is -0.391. The maximum atomic E-state index is 12.1. The largest absolute Gasteiger partial charge is 0.453 e. The highest BCUT2D eigenvalue weighted by molar-refractivity contribution is 5.98. The Hall–Kier alpha value is -1.82. The predicted octanol–water partition coefficient (Wildman–Crippen LogP) is 3.11. The number of carbonyl (C=O) groups is 1. The second-order valence-corrected chi connectivity index (χ2v) is 4.36. The average molecular weight is 271 g/mol. The second-order valence-electron chi connectivity index (χ2n) is 4.36. The molecular formula is C13H12F3NO2. The number of hydrogen-bond donors (Lipinski definition) is 0. The first kappa shape index (κ1) is 13.6. The number of carbonyl (C=O) groups excluding carboxylic acids is 1. The first-order chi connectivity index (χ1) is 8.85. The minimum Gasteiger partial charge on any atom is -0.453 e. The molecule has 19 heavy (non-hydrogen) atoms. The lowest BCUT2D eigenvalue weighted by atomic mass is 10.2. The molecule has 102 valence electrons. The highest BCUT2D eigenvalue weighted by Crippen LogP contribution is 2.20. The highest BCUT2D eigenvalue weighted by Gasteiger charge is 2.30. The molecule has 0 N–H and O–H groups in total. The Morgan fingerprint density at radius 1 is 1.32 bits per heavy atom. The number of Topliss-reactive ketones (excluding diaryl/α,β-unsaturated/α-hetero) is 1. The van der Waals surface area contributed by atoms with Crippen LogP contribution < -0.4 is 0 Å². The van der Waals surface area contributed by atoms with Crippen LogP contribution in [0.1, 0.15) is 10.6 Å². The van der Waals surface area contributed by atoms with Crippen LogP contribution in [-0.4, -0.2) is 37.0 Å². The van der Waals surface area contributed by atoms with Crippen molar-refractivity contribution in [1.82, 2.24) is 4.90 Å². The molecule has 2 aromatic rings. The van der Waals surface area contributed by atoms with Crippen LogP contribution in [0, 0.1) is 0 Å². The molecule has 0 spiro atoms. The summed E-state index contributed by atoms with van der Waals surface area (Å²) in [6.07, 6.45) is -4.32. The average Bonchev–Trinajstić information content (AvgIpc) is 2.69. The SMILES string of the molecule is CN(CC(=O)c1cc2ccccc2o1)CC(F)(F)F. The molecular weight excluding hydrogens is 259 g/mol. The number of furan rings is 1. The molecule has 0 atom stereocenters. The summed E-state index contributed by atoms with van der Waals surface area (Å²) in [7, 11) is 1.24. The first-order valence-corrected chi connectivity index (χ1v) is 5.62. The molecule has 0 aliphatic rings. The fraction of sp³-hybridized carbons (Fsp3) is 0.308. The third kappa shape index (κ3) is 3.57. The summed E-state index contributed by atoms with van der Waals surface area (Å²) in [5, 5.41) is 0.754. The Morgan fingerprint density at radius 3 is 2.63 bits per heavy atom. The van der Waals surface area contributed by atoms with Crippen LogP contribution in [0.3, 0.4) is 0 Å². The molecule has 6 heteroatoms. The van der Waals surface area contributed by atoms with E-state index in [0.717, 1.165) is 10.3 Å². The monoisotopic (exact) mass is 271 g/mol. The predicted molar refractivity (Wildman–Crippen MR) is 64.1 cm³/mol. The van der Waals surface area contributed by atoms with E-state index in [9.17, 15) is 18.0 Å². The number of alkyl halides is 3. The van der Waals surface area contributed by atoms with Crippen molar-refractivity contribution in [3.8, 4) is 0 Å². The lowest BCUT2D eigenvalue weighted by Gasteiger charge is -2.16. The van der Waals surface area contributed by atoms with E-state index in [2.05, 4.69) is 0 Å². The van der Waals surface area contributed by atoms with Crippen molar-refractivity contribution >= 4 is 16.8 Å². The van der Waals surface area contributed by atoms with E-state index in [4.69, 9.17) is 4.42 Å². The molecule has 2 rings (SSSR count). The summed E-state index contributed by atoms with van der Waals surface area (Å²) >= 11 is 0. The van der Waals surface area contributed by atoms with E-state index >= 15 is 0 Å². The van der Waals surface area contributed by atoms with E-state index in [1.807, 2.05) is 0 Å². The summed E-state index contributed by atoms with van der Waals surface area (Å²) < 4.78 is 41.8. The summed E-state index contributed by atoms with van der Waals surface area (Å²) in [6.45, 7) is -1.46. The molecule has 0 radical (unpaired) electrons. The first-order valence-electron chi connectivity index (χ1n) is 5.62. The Balaban J connectivity index is 2.07. The van der Waals surface area contributed by atoms with Crippen LogP contribution in [0.2, 0.25) is 0 Å². The van der Waals surface area contributed by atoms with Gasteiger partial charge in [0.1, 0.15) is 5.58 Å². The summed E-state index contributed by atoms with van der Waals surface area (Å²) in [4.78, 5) is 12.7. The van der Waals surface area contributed by atoms with Crippen molar-refractivity contribution < 1.29 is 22.4 Å². The van der Waals surface area contributed by atoms with Gasteiger partial charge in [0.25, 0.3) is 0 Å². The van der Waals surface area contributed by atoms with Gasteiger partial charge in [0, 0.05) is 5.39 Å². The standard InChI is InChI=1S/C13H12F3NO2/c1-17(8-13(14,15)16)7-10(18)12-6-9-4-2-3-5-11(9)19-12/h2-6H,7-8H2,1H3. The molecule has 0 bridgehead atoms. The van der Waals surface area contributed by atoms with Gasteiger partial charge in [0.05, 0.1) is 13.1 Å². The van der Waals surface area contributed by atoms with Gasteiger partial charge in [0.2, 0.25) is 5.78 Å². The quantitative estimate of drug-likeness (QED) is 0.801. The van der Waals surface area contributed by atoms with Gasteiger partial charge in [-0.15, -0.1) is 0 Å². The van der Waals surface area contributed by atoms with Crippen LogP contribution in [0.5, 0.6) is 0 Å². The third-order valence-corrected chi connectivity index (χ3v) is 2.56. The van der Waals surface area contributed by atoms with E-state index in [-0.39, 0.29) is 12.3 Å². The second kappa shape index (κ2) is 5.05. The molecule has 0 aliphatic carbocycles. The van der Waals surface area contributed by atoms with Gasteiger partial charge in [0.15, 0.2) is 5.76 Å². The van der Waals surface area contributed by atoms with Crippen LogP contribution in [0.4, 0.5) is 13.2 Å².